The van der Waals surface area contributed by atoms with E-state index in [-0.39, 0.29) is 32.6 Å². The zero-order valence-electron chi connectivity index (χ0n) is 16.0. The van der Waals surface area contributed by atoms with Crippen molar-refractivity contribution in [2.45, 2.75) is 17.5 Å². The standard InChI is InChI=1S/C19H18ClF4N3O3S/c20-14-3-1-4-15(12-14)25-18(28)26-7-2-8-27(10-9-26)31(29,30)17-11-13(19(22,23)24)5-6-16(17)21/h1,3-6,11-12H,2,7-10H2,(H,25,28). The Morgan fingerprint density at radius 3 is 2.45 bits per heavy atom. The first-order chi connectivity index (χ1) is 14.5. The van der Waals surface area contributed by atoms with Crippen molar-refractivity contribution in [3.63, 3.8) is 0 Å². The van der Waals surface area contributed by atoms with Gasteiger partial charge in [-0.3, -0.25) is 0 Å². The lowest BCUT2D eigenvalue weighted by molar-refractivity contribution is -0.137. The van der Waals surface area contributed by atoms with Gasteiger partial charge in [-0.25, -0.2) is 17.6 Å². The number of anilines is 1. The summed E-state index contributed by atoms with van der Waals surface area (Å²) in [6, 6.07) is 7.25. The highest BCUT2D eigenvalue weighted by Gasteiger charge is 2.35. The zero-order valence-corrected chi connectivity index (χ0v) is 17.6. The van der Waals surface area contributed by atoms with Crippen LogP contribution in [0.4, 0.5) is 28.0 Å². The van der Waals surface area contributed by atoms with Crippen LogP contribution >= 0.6 is 11.6 Å². The second-order valence-electron chi connectivity index (χ2n) is 6.83. The number of nitrogens with one attached hydrogen (secondary N) is 1. The lowest BCUT2D eigenvalue weighted by atomic mass is 10.2. The first-order valence-corrected chi connectivity index (χ1v) is 11.0. The number of amides is 2. The third-order valence-electron chi connectivity index (χ3n) is 4.69. The third-order valence-corrected chi connectivity index (χ3v) is 6.84. The number of benzene rings is 2. The summed E-state index contributed by atoms with van der Waals surface area (Å²) in [7, 11) is -4.53. The molecule has 1 aliphatic rings. The third kappa shape index (κ3) is 5.46. The fourth-order valence-corrected chi connectivity index (χ4v) is 4.87. The molecule has 3 rings (SSSR count). The highest BCUT2D eigenvalue weighted by Crippen LogP contribution is 2.32. The summed E-state index contributed by atoms with van der Waals surface area (Å²) in [5.41, 5.74) is -0.804. The van der Waals surface area contributed by atoms with E-state index in [4.69, 9.17) is 11.6 Å². The summed E-state index contributed by atoms with van der Waals surface area (Å²) in [6.45, 7) is -0.0738. The molecule has 0 radical (unpaired) electrons. The van der Waals surface area contributed by atoms with Crippen LogP contribution in [0, 0.1) is 5.82 Å². The van der Waals surface area contributed by atoms with Gasteiger partial charge in [0.1, 0.15) is 10.7 Å². The number of carbonyl (C=O) groups excluding carboxylic acids is 1. The van der Waals surface area contributed by atoms with Crippen LogP contribution in [0.1, 0.15) is 12.0 Å². The van der Waals surface area contributed by atoms with Crippen LogP contribution in [0.2, 0.25) is 5.02 Å². The Bertz CT molecular complexity index is 1080. The molecule has 0 spiro atoms. The fourth-order valence-electron chi connectivity index (χ4n) is 3.12. The Morgan fingerprint density at radius 1 is 1.03 bits per heavy atom. The van der Waals surface area contributed by atoms with Gasteiger partial charge < -0.3 is 10.2 Å². The molecular weight excluding hydrogens is 462 g/mol. The Kier molecular flexibility index (Phi) is 6.77. The fraction of sp³-hybridized carbons (Fsp3) is 0.316. The smallest absolute Gasteiger partial charge is 0.323 e. The SMILES string of the molecule is O=C(Nc1cccc(Cl)c1)N1CCCN(S(=O)(=O)c2cc(C(F)(F)F)ccc2F)CC1. The number of alkyl halides is 3. The van der Waals surface area contributed by atoms with Crippen LogP contribution < -0.4 is 5.32 Å². The van der Waals surface area contributed by atoms with Crippen molar-refractivity contribution < 1.29 is 30.8 Å². The molecule has 31 heavy (non-hydrogen) atoms. The molecule has 0 aliphatic carbocycles. The number of halogens is 5. The van der Waals surface area contributed by atoms with E-state index in [9.17, 15) is 30.8 Å². The normalized spacial score (nSPS) is 16.1. The highest BCUT2D eigenvalue weighted by atomic mass is 35.5. The van der Waals surface area contributed by atoms with Crippen molar-refractivity contribution in [3.8, 4) is 0 Å². The minimum atomic E-state index is -4.81. The minimum Gasteiger partial charge on any atom is -0.323 e. The van der Waals surface area contributed by atoms with Gasteiger partial charge in [-0.05, 0) is 42.8 Å². The topological polar surface area (TPSA) is 69.7 Å². The molecule has 1 N–H and O–H groups in total. The van der Waals surface area contributed by atoms with Gasteiger partial charge in [0.15, 0.2) is 0 Å². The van der Waals surface area contributed by atoms with Crippen molar-refractivity contribution in [1.29, 1.82) is 0 Å². The molecular formula is C19H18ClF4N3O3S. The van der Waals surface area contributed by atoms with Crippen molar-refractivity contribution in [1.82, 2.24) is 9.21 Å². The monoisotopic (exact) mass is 479 g/mol. The molecule has 2 aromatic rings. The number of rotatable bonds is 3. The summed E-state index contributed by atoms with van der Waals surface area (Å²) in [5.74, 6) is -1.27. The number of hydrogen-bond acceptors (Lipinski definition) is 3. The van der Waals surface area contributed by atoms with Gasteiger partial charge in [0.2, 0.25) is 10.0 Å². The number of hydrogen-bond donors (Lipinski definition) is 1. The average Bonchev–Trinajstić information content (AvgIpc) is 2.94. The average molecular weight is 480 g/mol. The Morgan fingerprint density at radius 2 is 1.77 bits per heavy atom. The van der Waals surface area contributed by atoms with E-state index < -0.39 is 38.5 Å². The maximum absolute atomic E-state index is 14.1. The van der Waals surface area contributed by atoms with Gasteiger partial charge in [-0.1, -0.05) is 17.7 Å². The second kappa shape index (κ2) is 9.01. The number of urea groups is 1. The summed E-state index contributed by atoms with van der Waals surface area (Å²) in [5, 5.41) is 3.07. The predicted octanol–water partition coefficient (Wildman–Crippen LogP) is 4.43. The molecule has 0 unspecified atom stereocenters. The van der Waals surface area contributed by atoms with Crippen LogP contribution in [0.15, 0.2) is 47.4 Å². The summed E-state index contributed by atoms with van der Waals surface area (Å²) in [4.78, 5) is 12.8. The van der Waals surface area contributed by atoms with E-state index in [0.717, 1.165) is 4.31 Å². The molecule has 0 aromatic heterocycles. The molecule has 1 fully saturated rings. The van der Waals surface area contributed by atoms with Crippen LogP contribution in [0.5, 0.6) is 0 Å². The largest absolute Gasteiger partial charge is 0.416 e. The van der Waals surface area contributed by atoms with Gasteiger partial charge in [-0.2, -0.15) is 17.5 Å². The maximum atomic E-state index is 14.1. The lowest BCUT2D eigenvalue weighted by Crippen LogP contribution is -2.39. The van der Waals surface area contributed by atoms with Gasteiger partial charge in [0, 0.05) is 36.9 Å². The van der Waals surface area contributed by atoms with Gasteiger partial charge >= 0.3 is 12.2 Å². The predicted molar refractivity (Wildman–Crippen MR) is 107 cm³/mol. The quantitative estimate of drug-likeness (QED) is 0.662. The molecule has 0 saturated carbocycles. The number of nitrogens with zero attached hydrogens (tertiary/aromatic N) is 2. The van der Waals surface area contributed by atoms with Gasteiger partial charge in [0.25, 0.3) is 0 Å². The Balaban J connectivity index is 1.75. The van der Waals surface area contributed by atoms with E-state index in [1.54, 1.807) is 24.3 Å². The van der Waals surface area contributed by atoms with Crippen LogP contribution in [-0.4, -0.2) is 49.8 Å². The summed E-state index contributed by atoms with van der Waals surface area (Å²) in [6.07, 6.45) is -4.59. The highest BCUT2D eigenvalue weighted by molar-refractivity contribution is 7.89. The number of sulfonamides is 1. The molecule has 0 atom stereocenters. The summed E-state index contributed by atoms with van der Waals surface area (Å²) >= 11 is 5.88. The molecule has 6 nitrogen and oxygen atoms in total. The Labute approximate surface area is 181 Å². The van der Waals surface area contributed by atoms with E-state index in [0.29, 0.717) is 28.9 Å². The van der Waals surface area contributed by atoms with Crippen molar-refractivity contribution in [2.24, 2.45) is 0 Å². The molecule has 1 heterocycles. The van der Waals surface area contributed by atoms with Gasteiger partial charge in [0.05, 0.1) is 5.56 Å². The second-order valence-corrected chi connectivity index (χ2v) is 9.17. The molecule has 1 aliphatic heterocycles. The molecule has 12 heteroatoms. The minimum absolute atomic E-state index is 0.0216. The van der Waals surface area contributed by atoms with E-state index in [1.807, 2.05) is 0 Å². The molecule has 168 valence electrons. The van der Waals surface area contributed by atoms with E-state index in [2.05, 4.69) is 5.32 Å². The zero-order chi connectivity index (χ0) is 22.8. The Hall–Kier alpha value is -2.37. The molecule has 2 amide bonds. The molecule has 1 saturated heterocycles. The summed E-state index contributed by atoms with van der Waals surface area (Å²) < 4.78 is 79.5. The first kappa shape index (κ1) is 23.3. The van der Waals surface area contributed by atoms with Crippen molar-refractivity contribution >= 4 is 33.3 Å². The first-order valence-electron chi connectivity index (χ1n) is 9.17. The van der Waals surface area contributed by atoms with Crippen LogP contribution in [-0.2, 0) is 16.2 Å². The van der Waals surface area contributed by atoms with Crippen LogP contribution in [0.3, 0.4) is 0 Å². The maximum Gasteiger partial charge on any atom is 0.416 e. The van der Waals surface area contributed by atoms with Crippen LogP contribution in [0.25, 0.3) is 0 Å². The van der Waals surface area contributed by atoms with E-state index >= 15 is 0 Å². The van der Waals surface area contributed by atoms with E-state index in [1.165, 1.54) is 4.90 Å². The lowest BCUT2D eigenvalue weighted by Gasteiger charge is -2.22. The van der Waals surface area contributed by atoms with Crippen molar-refractivity contribution in [2.75, 3.05) is 31.5 Å². The van der Waals surface area contributed by atoms with Gasteiger partial charge in [-0.15, -0.1) is 0 Å². The number of carbonyl (C=O) groups is 1. The molecule has 2 aromatic carbocycles. The molecule has 0 bridgehead atoms. The van der Waals surface area contributed by atoms with Crippen molar-refractivity contribution in [3.05, 3.63) is 58.9 Å².